The normalized spacial score (nSPS) is 23.9. The molecule has 2 heterocycles. The zero-order chi connectivity index (χ0) is 15.8. The van der Waals surface area contributed by atoms with Gasteiger partial charge in [0.05, 0.1) is 11.9 Å². The van der Waals surface area contributed by atoms with Gasteiger partial charge in [0.25, 0.3) is 0 Å². The van der Waals surface area contributed by atoms with Crippen LogP contribution < -0.4 is 5.32 Å². The molecule has 2 aromatic heterocycles. The zero-order valence-electron chi connectivity index (χ0n) is 12.8. The highest BCUT2D eigenvalue weighted by atomic mass is 32.1. The Balaban J connectivity index is 1.36. The van der Waals surface area contributed by atoms with Crippen molar-refractivity contribution in [3.63, 3.8) is 0 Å². The summed E-state index contributed by atoms with van der Waals surface area (Å²) in [6, 6.07) is 2.79. The number of thiophene rings is 1. The Labute approximate surface area is 138 Å². The van der Waals surface area contributed by atoms with Crippen molar-refractivity contribution < 1.29 is 9.90 Å². The van der Waals surface area contributed by atoms with Gasteiger partial charge in [-0.2, -0.15) is 0 Å². The van der Waals surface area contributed by atoms with Crippen LogP contribution in [-0.2, 0) is 4.79 Å². The van der Waals surface area contributed by atoms with Gasteiger partial charge in [-0.25, -0.2) is 9.97 Å². The highest BCUT2D eigenvalue weighted by Crippen LogP contribution is 2.35. The summed E-state index contributed by atoms with van der Waals surface area (Å²) in [7, 11) is 0. The Bertz CT molecular complexity index is 709. The minimum atomic E-state index is -0.724. The van der Waals surface area contributed by atoms with E-state index in [0.29, 0.717) is 18.0 Å². The molecule has 122 valence electrons. The second-order valence-electron chi connectivity index (χ2n) is 6.59. The van der Waals surface area contributed by atoms with Gasteiger partial charge < -0.3 is 10.4 Å². The molecule has 23 heavy (non-hydrogen) atoms. The van der Waals surface area contributed by atoms with E-state index in [9.17, 15) is 4.79 Å². The van der Waals surface area contributed by atoms with E-state index in [2.05, 4.69) is 20.2 Å². The van der Waals surface area contributed by atoms with Gasteiger partial charge in [0.15, 0.2) is 0 Å². The molecule has 2 aliphatic carbocycles. The molecular weight excluding hydrogens is 312 g/mol. The number of nitrogens with one attached hydrogen (secondary N) is 1. The number of anilines is 1. The van der Waals surface area contributed by atoms with Crippen LogP contribution in [0.3, 0.4) is 0 Å². The minimum absolute atomic E-state index is 0.163. The quantitative estimate of drug-likeness (QED) is 0.811. The second kappa shape index (κ2) is 6.05. The standard InChI is InChI=1S/C16H20N4O2S/c21-14(22)8-20(7-10-1-2-10)12-5-11(6-12)19-15-13-3-4-23-16(13)18-9-17-15/h3-4,9-12H,1-2,5-8H2,(H,21,22)(H,17,18,19). The predicted molar refractivity (Wildman–Crippen MR) is 89.8 cm³/mol. The lowest BCUT2D eigenvalue weighted by Gasteiger charge is -2.43. The maximum Gasteiger partial charge on any atom is 0.317 e. The summed E-state index contributed by atoms with van der Waals surface area (Å²) in [6.07, 6.45) is 6.07. The topological polar surface area (TPSA) is 78.4 Å². The van der Waals surface area contributed by atoms with Crippen molar-refractivity contribution in [2.75, 3.05) is 18.4 Å². The molecule has 0 atom stereocenters. The van der Waals surface area contributed by atoms with Crippen molar-refractivity contribution in [2.24, 2.45) is 5.92 Å². The average Bonchev–Trinajstić information content (AvgIpc) is 3.14. The van der Waals surface area contributed by atoms with Crippen LogP contribution in [-0.4, -0.2) is 51.1 Å². The van der Waals surface area contributed by atoms with Crippen LogP contribution in [0.1, 0.15) is 25.7 Å². The smallest absolute Gasteiger partial charge is 0.317 e. The maximum absolute atomic E-state index is 11.1. The van der Waals surface area contributed by atoms with Crippen LogP contribution >= 0.6 is 11.3 Å². The molecule has 0 saturated heterocycles. The van der Waals surface area contributed by atoms with E-state index in [0.717, 1.165) is 35.4 Å². The molecule has 2 aromatic rings. The molecule has 0 radical (unpaired) electrons. The molecule has 2 N–H and O–H groups in total. The van der Waals surface area contributed by atoms with Gasteiger partial charge >= 0.3 is 5.97 Å². The van der Waals surface area contributed by atoms with Crippen molar-refractivity contribution in [3.8, 4) is 0 Å². The third kappa shape index (κ3) is 3.30. The Morgan fingerprint density at radius 3 is 2.96 bits per heavy atom. The molecule has 0 amide bonds. The summed E-state index contributed by atoms with van der Waals surface area (Å²) in [6.45, 7) is 1.10. The van der Waals surface area contributed by atoms with Gasteiger partial charge in [0.1, 0.15) is 17.0 Å². The Morgan fingerprint density at radius 2 is 2.22 bits per heavy atom. The number of aliphatic carboxylic acids is 1. The number of hydrogen-bond acceptors (Lipinski definition) is 6. The minimum Gasteiger partial charge on any atom is -0.480 e. The van der Waals surface area contributed by atoms with E-state index < -0.39 is 5.97 Å². The molecule has 0 aliphatic heterocycles. The number of fused-ring (bicyclic) bond motifs is 1. The number of carboxylic acids is 1. The number of carboxylic acid groups (broad SMARTS) is 1. The highest BCUT2D eigenvalue weighted by molar-refractivity contribution is 7.16. The molecule has 2 aliphatic rings. The lowest BCUT2D eigenvalue weighted by molar-refractivity contribution is -0.139. The van der Waals surface area contributed by atoms with Gasteiger partial charge in [-0.1, -0.05) is 0 Å². The van der Waals surface area contributed by atoms with Crippen molar-refractivity contribution >= 4 is 33.3 Å². The molecule has 6 nitrogen and oxygen atoms in total. The first-order chi connectivity index (χ1) is 11.2. The molecule has 2 saturated carbocycles. The Hall–Kier alpha value is -1.73. The fourth-order valence-electron chi connectivity index (χ4n) is 3.25. The van der Waals surface area contributed by atoms with Gasteiger partial charge in [-0.3, -0.25) is 9.69 Å². The van der Waals surface area contributed by atoms with Crippen molar-refractivity contribution in [1.29, 1.82) is 0 Å². The summed E-state index contributed by atoms with van der Waals surface area (Å²) in [4.78, 5) is 22.8. The van der Waals surface area contributed by atoms with Crippen molar-refractivity contribution in [1.82, 2.24) is 14.9 Å². The Kier molecular flexibility index (Phi) is 3.90. The Morgan fingerprint density at radius 1 is 1.39 bits per heavy atom. The molecule has 4 rings (SSSR count). The molecule has 0 aromatic carbocycles. The molecule has 7 heteroatoms. The maximum atomic E-state index is 11.1. The van der Waals surface area contributed by atoms with Crippen LogP contribution in [0.5, 0.6) is 0 Å². The van der Waals surface area contributed by atoms with Crippen LogP contribution in [0.15, 0.2) is 17.8 Å². The third-order valence-corrected chi connectivity index (χ3v) is 5.58. The van der Waals surface area contributed by atoms with Crippen molar-refractivity contribution in [3.05, 3.63) is 17.8 Å². The fourth-order valence-corrected chi connectivity index (χ4v) is 3.98. The van der Waals surface area contributed by atoms with Gasteiger partial charge in [-0.05, 0) is 43.0 Å². The highest BCUT2D eigenvalue weighted by Gasteiger charge is 2.37. The molecule has 0 bridgehead atoms. The summed E-state index contributed by atoms with van der Waals surface area (Å²) < 4.78 is 0. The number of aromatic nitrogens is 2. The summed E-state index contributed by atoms with van der Waals surface area (Å²) >= 11 is 1.62. The zero-order valence-corrected chi connectivity index (χ0v) is 13.6. The fraction of sp³-hybridized carbons (Fsp3) is 0.562. The summed E-state index contributed by atoms with van der Waals surface area (Å²) in [5.74, 6) is 0.887. The molecular formula is C16H20N4O2S. The van der Waals surface area contributed by atoms with Gasteiger partial charge in [-0.15, -0.1) is 11.3 Å². The number of carbonyl (C=O) groups is 1. The average molecular weight is 332 g/mol. The van der Waals surface area contributed by atoms with E-state index >= 15 is 0 Å². The lowest BCUT2D eigenvalue weighted by atomic mass is 9.85. The van der Waals surface area contributed by atoms with Crippen LogP contribution in [0.4, 0.5) is 5.82 Å². The number of nitrogens with zero attached hydrogens (tertiary/aromatic N) is 3. The van der Waals surface area contributed by atoms with E-state index in [4.69, 9.17) is 5.11 Å². The number of rotatable bonds is 7. The molecule has 2 fully saturated rings. The first kappa shape index (κ1) is 14.8. The lowest BCUT2D eigenvalue weighted by Crippen LogP contribution is -2.52. The van der Waals surface area contributed by atoms with E-state index in [1.54, 1.807) is 17.7 Å². The van der Waals surface area contributed by atoms with E-state index in [1.165, 1.54) is 12.8 Å². The number of hydrogen-bond donors (Lipinski definition) is 2. The van der Waals surface area contributed by atoms with Crippen LogP contribution in [0.25, 0.3) is 10.2 Å². The monoisotopic (exact) mass is 332 g/mol. The van der Waals surface area contributed by atoms with E-state index in [1.807, 2.05) is 11.4 Å². The summed E-state index contributed by atoms with van der Waals surface area (Å²) in [5, 5.41) is 15.7. The third-order valence-electron chi connectivity index (χ3n) is 4.76. The van der Waals surface area contributed by atoms with Crippen LogP contribution in [0.2, 0.25) is 0 Å². The van der Waals surface area contributed by atoms with Gasteiger partial charge in [0.2, 0.25) is 0 Å². The molecule has 0 spiro atoms. The van der Waals surface area contributed by atoms with Gasteiger partial charge in [0, 0.05) is 18.6 Å². The molecule has 0 unspecified atom stereocenters. The largest absolute Gasteiger partial charge is 0.480 e. The summed E-state index contributed by atoms with van der Waals surface area (Å²) in [5.41, 5.74) is 0. The van der Waals surface area contributed by atoms with Crippen LogP contribution in [0, 0.1) is 5.92 Å². The van der Waals surface area contributed by atoms with Crippen molar-refractivity contribution in [2.45, 2.75) is 37.8 Å². The second-order valence-corrected chi connectivity index (χ2v) is 7.49. The van der Waals surface area contributed by atoms with E-state index in [-0.39, 0.29) is 6.54 Å². The first-order valence-corrected chi connectivity index (χ1v) is 8.97. The first-order valence-electron chi connectivity index (χ1n) is 8.09. The predicted octanol–water partition coefficient (Wildman–Crippen LogP) is 2.43. The SMILES string of the molecule is O=C(O)CN(CC1CC1)C1CC(Nc2ncnc3sccc23)C1.